The molecule has 0 amide bonds. The van der Waals surface area contributed by atoms with Crippen LogP contribution in [0.1, 0.15) is 36.0 Å². The van der Waals surface area contributed by atoms with Crippen molar-refractivity contribution in [3.63, 3.8) is 0 Å². The third-order valence-electron chi connectivity index (χ3n) is 4.09. The Labute approximate surface area is 152 Å². The number of guanidine groups is 1. The van der Waals surface area contributed by atoms with E-state index in [4.69, 9.17) is 0 Å². The summed E-state index contributed by atoms with van der Waals surface area (Å²) in [6.07, 6.45) is 2.06. The van der Waals surface area contributed by atoms with Gasteiger partial charge in [0.2, 0.25) is 0 Å². The average molecular weight is 356 g/mol. The van der Waals surface area contributed by atoms with Gasteiger partial charge in [-0.05, 0) is 37.4 Å². The van der Waals surface area contributed by atoms with Crippen molar-refractivity contribution in [2.75, 3.05) is 13.1 Å². The van der Waals surface area contributed by atoms with Gasteiger partial charge in [0, 0.05) is 35.8 Å². The highest BCUT2D eigenvalue weighted by molar-refractivity contribution is 7.10. The number of fused-ring (bicyclic) bond motifs is 1. The minimum absolute atomic E-state index is 0.460. The molecule has 3 aromatic rings. The first-order chi connectivity index (χ1) is 12.2. The summed E-state index contributed by atoms with van der Waals surface area (Å²) in [7, 11) is 0. The lowest BCUT2D eigenvalue weighted by atomic mass is 10.1. The Morgan fingerprint density at radius 1 is 1.28 bits per heavy atom. The number of pyridine rings is 1. The number of aliphatic imine (C=N–C) groups is 1. The Morgan fingerprint density at radius 3 is 2.88 bits per heavy atom. The predicted molar refractivity (Wildman–Crippen MR) is 105 cm³/mol. The number of hydrogen-bond donors (Lipinski definition) is 2. The van der Waals surface area contributed by atoms with E-state index in [-0.39, 0.29) is 0 Å². The minimum Gasteiger partial charge on any atom is -0.357 e. The molecule has 3 aromatic heterocycles. The summed E-state index contributed by atoms with van der Waals surface area (Å²) in [5.74, 6) is 1.29. The molecule has 1 unspecified atom stereocenters. The lowest BCUT2D eigenvalue weighted by molar-refractivity contribution is 0.709. The van der Waals surface area contributed by atoms with E-state index in [0.29, 0.717) is 12.5 Å². The number of thiophene rings is 1. The van der Waals surface area contributed by atoms with Crippen LogP contribution in [-0.4, -0.2) is 28.4 Å². The third kappa shape index (κ3) is 4.39. The maximum Gasteiger partial charge on any atom is 0.191 e. The topological polar surface area (TPSA) is 53.7 Å². The summed E-state index contributed by atoms with van der Waals surface area (Å²) in [4.78, 5) is 10.7. The molecule has 0 aromatic carbocycles. The predicted octanol–water partition coefficient (Wildman–Crippen LogP) is 3.56. The van der Waals surface area contributed by atoms with Crippen LogP contribution >= 0.6 is 11.3 Å². The van der Waals surface area contributed by atoms with Crippen LogP contribution in [0.15, 0.2) is 46.9 Å². The van der Waals surface area contributed by atoms with Crippen molar-refractivity contribution in [3.8, 4) is 0 Å². The van der Waals surface area contributed by atoms with Gasteiger partial charge in [-0.25, -0.2) is 9.98 Å². The van der Waals surface area contributed by atoms with Gasteiger partial charge in [0.15, 0.2) is 5.96 Å². The minimum atomic E-state index is 0.460. The maximum absolute atomic E-state index is 4.68. The number of aromatic nitrogens is 2. The van der Waals surface area contributed by atoms with Gasteiger partial charge in [0.25, 0.3) is 0 Å². The molecule has 0 aliphatic rings. The van der Waals surface area contributed by atoms with Crippen molar-refractivity contribution in [1.29, 1.82) is 0 Å². The second kappa shape index (κ2) is 8.16. The van der Waals surface area contributed by atoms with Crippen LogP contribution in [-0.2, 0) is 6.54 Å². The van der Waals surface area contributed by atoms with Crippen molar-refractivity contribution in [2.24, 2.45) is 4.99 Å². The van der Waals surface area contributed by atoms with Gasteiger partial charge in [0.1, 0.15) is 5.65 Å². The van der Waals surface area contributed by atoms with E-state index in [1.807, 2.05) is 12.1 Å². The maximum atomic E-state index is 4.68. The SMILES string of the molecule is CCNC(=NCc1cn2c(C)cccc2n1)NCC(C)c1cccs1. The van der Waals surface area contributed by atoms with Crippen LogP contribution in [0.5, 0.6) is 0 Å². The van der Waals surface area contributed by atoms with Gasteiger partial charge in [-0.15, -0.1) is 11.3 Å². The van der Waals surface area contributed by atoms with E-state index in [9.17, 15) is 0 Å². The molecule has 132 valence electrons. The molecule has 25 heavy (non-hydrogen) atoms. The molecule has 0 aliphatic heterocycles. The molecule has 0 fully saturated rings. The van der Waals surface area contributed by atoms with E-state index in [1.165, 1.54) is 10.6 Å². The first-order valence-electron chi connectivity index (χ1n) is 8.66. The first-order valence-corrected chi connectivity index (χ1v) is 9.54. The first kappa shape index (κ1) is 17.5. The molecule has 2 N–H and O–H groups in total. The molecule has 3 heterocycles. The molecule has 0 aliphatic carbocycles. The fraction of sp³-hybridized carbons (Fsp3) is 0.368. The van der Waals surface area contributed by atoms with Gasteiger partial charge in [-0.3, -0.25) is 0 Å². The Bertz CT molecular complexity index is 835. The second-order valence-corrected chi connectivity index (χ2v) is 7.10. The molecule has 0 spiro atoms. The zero-order valence-electron chi connectivity index (χ0n) is 15.0. The average Bonchev–Trinajstić information content (AvgIpc) is 3.27. The summed E-state index contributed by atoms with van der Waals surface area (Å²) < 4.78 is 2.10. The Hall–Kier alpha value is -2.34. The summed E-state index contributed by atoms with van der Waals surface area (Å²) in [5, 5.41) is 8.86. The van der Waals surface area contributed by atoms with Crippen molar-refractivity contribution in [1.82, 2.24) is 20.0 Å². The third-order valence-corrected chi connectivity index (χ3v) is 5.20. The van der Waals surface area contributed by atoms with E-state index >= 15 is 0 Å². The van der Waals surface area contributed by atoms with Crippen LogP contribution in [0.25, 0.3) is 5.65 Å². The summed E-state index contributed by atoms with van der Waals surface area (Å²) in [6, 6.07) is 10.4. The quantitative estimate of drug-likeness (QED) is 0.525. The molecule has 0 bridgehead atoms. The summed E-state index contributed by atoms with van der Waals surface area (Å²) in [6.45, 7) is 8.64. The molecule has 6 heteroatoms. The smallest absolute Gasteiger partial charge is 0.191 e. The Balaban J connectivity index is 1.65. The van der Waals surface area contributed by atoms with E-state index < -0.39 is 0 Å². The Morgan fingerprint density at radius 2 is 2.16 bits per heavy atom. The van der Waals surface area contributed by atoms with Crippen LogP contribution in [0, 0.1) is 6.92 Å². The largest absolute Gasteiger partial charge is 0.357 e. The number of nitrogens with one attached hydrogen (secondary N) is 2. The van der Waals surface area contributed by atoms with Crippen molar-refractivity contribution in [2.45, 2.75) is 33.2 Å². The van der Waals surface area contributed by atoms with Crippen LogP contribution in [0.2, 0.25) is 0 Å². The Kier molecular flexibility index (Phi) is 5.71. The lowest BCUT2D eigenvalue weighted by Crippen LogP contribution is -2.39. The fourth-order valence-corrected chi connectivity index (χ4v) is 3.49. The van der Waals surface area contributed by atoms with Crippen LogP contribution < -0.4 is 10.6 Å². The van der Waals surface area contributed by atoms with Crippen LogP contribution in [0.3, 0.4) is 0 Å². The molecule has 1 atom stereocenters. The highest BCUT2D eigenvalue weighted by Gasteiger charge is 2.08. The number of aryl methyl sites for hydroxylation is 1. The van der Waals surface area contributed by atoms with Crippen molar-refractivity contribution < 1.29 is 0 Å². The van der Waals surface area contributed by atoms with Gasteiger partial charge in [0.05, 0.1) is 12.2 Å². The van der Waals surface area contributed by atoms with Crippen molar-refractivity contribution in [3.05, 3.63) is 58.2 Å². The fourth-order valence-electron chi connectivity index (χ4n) is 2.70. The number of nitrogens with zero attached hydrogens (tertiary/aromatic N) is 3. The summed E-state index contributed by atoms with van der Waals surface area (Å²) >= 11 is 1.80. The molecule has 5 nitrogen and oxygen atoms in total. The lowest BCUT2D eigenvalue weighted by Gasteiger charge is -2.14. The molecule has 0 saturated carbocycles. The molecular weight excluding hydrogens is 330 g/mol. The number of hydrogen-bond acceptors (Lipinski definition) is 3. The zero-order chi connectivity index (χ0) is 17.6. The number of rotatable bonds is 6. The molecule has 0 saturated heterocycles. The normalized spacial score (nSPS) is 13.2. The standard InChI is InChI=1S/C19H25N5S/c1-4-20-19(21-11-14(2)17-8-6-10-25-17)22-12-16-13-24-15(3)7-5-9-18(24)23-16/h5-10,13-14H,4,11-12H2,1-3H3,(H2,20,21,22). The van der Waals surface area contributed by atoms with Gasteiger partial charge >= 0.3 is 0 Å². The van der Waals surface area contributed by atoms with Crippen LogP contribution in [0.4, 0.5) is 0 Å². The van der Waals surface area contributed by atoms with E-state index in [2.05, 4.69) is 75.6 Å². The monoisotopic (exact) mass is 355 g/mol. The van der Waals surface area contributed by atoms with Gasteiger partial charge < -0.3 is 15.0 Å². The van der Waals surface area contributed by atoms with E-state index in [1.54, 1.807) is 11.3 Å². The van der Waals surface area contributed by atoms with Gasteiger partial charge in [-0.2, -0.15) is 0 Å². The van der Waals surface area contributed by atoms with E-state index in [0.717, 1.165) is 30.4 Å². The highest BCUT2D eigenvalue weighted by atomic mass is 32.1. The summed E-state index contributed by atoms with van der Waals surface area (Å²) in [5.41, 5.74) is 3.11. The van der Waals surface area contributed by atoms with Gasteiger partial charge in [-0.1, -0.05) is 19.1 Å². The highest BCUT2D eigenvalue weighted by Crippen LogP contribution is 2.19. The molecule has 0 radical (unpaired) electrons. The number of imidazole rings is 1. The zero-order valence-corrected chi connectivity index (χ0v) is 15.8. The second-order valence-electron chi connectivity index (χ2n) is 6.12. The van der Waals surface area contributed by atoms with Crippen molar-refractivity contribution >= 4 is 22.9 Å². The molecular formula is C19H25N5S. The molecule has 3 rings (SSSR count).